The number of aromatic nitrogens is 2. The Balaban J connectivity index is 1.90. The second kappa shape index (κ2) is 10.6. The lowest BCUT2D eigenvalue weighted by molar-refractivity contribution is -0.120. The number of anilines is 1. The summed E-state index contributed by atoms with van der Waals surface area (Å²) in [6.07, 6.45) is 0. The van der Waals surface area contributed by atoms with E-state index < -0.39 is 11.8 Å². The zero-order chi connectivity index (χ0) is 27.0. The van der Waals surface area contributed by atoms with Gasteiger partial charge in [0.25, 0.3) is 11.8 Å². The average Bonchev–Trinajstić information content (AvgIpc) is 3.02. The first-order valence-corrected chi connectivity index (χ1v) is 13.1. The van der Waals surface area contributed by atoms with Crippen molar-refractivity contribution in [1.82, 2.24) is 9.97 Å². The summed E-state index contributed by atoms with van der Waals surface area (Å²) < 4.78 is 0. The number of benzene rings is 1. The van der Waals surface area contributed by atoms with Crippen LogP contribution in [-0.2, 0) is 9.59 Å². The molecule has 11 heteroatoms. The monoisotopic (exact) mass is 565 g/mol. The third-order valence-corrected chi connectivity index (χ3v) is 8.06. The highest BCUT2D eigenvalue weighted by Gasteiger charge is 2.42. The first-order valence-electron chi connectivity index (χ1n) is 10.8. The Kier molecular flexibility index (Phi) is 7.63. The maximum Gasteiger partial charge on any atom is 0.273 e. The van der Waals surface area contributed by atoms with Gasteiger partial charge in [0.05, 0.1) is 26.6 Å². The molecule has 0 aliphatic carbocycles. The number of carbonyl (C=O) groups is 2. The molecule has 2 aromatic heterocycles. The van der Waals surface area contributed by atoms with E-state index in [0.717, 1.165) is 28.4 Å². The van der Waals surface area contributed by atoms with Crippen LogP contribution in [-0.4, -0.2) is 21.8 Å². The van der Waals surface area contributed by atoms with Crippen LogP contribution in [0.1, 0.15) is 33.6 Å². The number of imide groups is 1. The van der Waals surface area contributed by atoms with Crippen LogP contribution in [0.4, 0.5) is 5.69 Å². The normalized spacial score (nSPS) is 13.2. The number of nitriles is 2. The molecule has 0 spiro atoms. The summed E-state index contributed by atoms with van der Waals surface area (Å²) in [5.74, 6) is -1.24. The molecule has 1 aliphatic heterocycles. The minimum Gasteiger partial charge on any atom is -0.268 e. The van der Waals surface area contributed by atoms with Gasteiger partial charge in [-0.05, 0) is 69.2 Å². The number of hydrogen-bond acceptors (Lipinski definition) is 8. The Bertz CT molecular complexity index is 1510. The molecule has 0 saturated heterocycles. The Hall–Kier alpha value is -3.34. The standard InChI is InChI=1S/C26H17Cl2N5O2S2/c1-12-5-14(3)31-23(19(12)10-29)36-21-22(37-24-20(11-30)13(2)6-15(4)32-24)26(35)33(25(21)34)18-8-16(27)7-17(28)9-18/h5-9H,1-4H3. The lowest BCUT2D eigenvalue weighted by Crippen LogP contribution is -2.31. The second-order valence-corrected chi connectivity index (χ2v) is 11.1. The van der Waals surface area contributed by atoms with Crippen molar-refractivity contribution in [2.24, 2.45) is 0 Å². The van der Waals surface area contributed by atoms with Crippen LogP contribution < -0.4 is 4.90 Å². The Labute approximate surface area is 232 Å². The van der Waals surface area contributed by atoms with Crippen LogP contribution in [0.2, 0.25) is 10.0 Å². The number of amides is 2. The fraction of sp³-hybridized carbons (Fsp3) is 0.154. The smallest absolute Gasteiger partial charge is 0.268 e. The van der Waals surface area contributed by atoms with Gasteiger partial charge in [-0.3, -0.25) is 9.59 Å². The van der Waals surface area contributed by atoms with Crippen molar-refractivity contribution in [3.05, 3.63) is 83.8 Å². The lowest BCUT2D eigenvalue weighted by Gasteiger charge is -2.16. The molecule has 37 heavy (non-hydrogen) atoms. The third kappa shape index (κ3) is 5.22. The number of halogens is 2. The quantitative estimate of drug-likeness (QED) is 0.325. The van der Waals surface area contributed by atoms with Crippen LogP contribution in [0.15, 0.2) is 50.2 Å². The molecule has 0 unspecified atom stereocenters. The molecule has 184 valence electrons. The number of thioether (sulfide) groups is 2. The van der Waals surface area contributed by atoms with E-state index in [2.05, 4.69) is 22.1 Å². The van der Waals surface area contributed by atoms with E-state index in [0.29, 0.717) is 43.7 Å². The number of pyridine rings is 2. The molecule has 0 saturated carbocycles. The first kappa shape index (κ1) is 26.7. The molecule has 0 fully saturated rings. The van der Waals surface area contributed by atoms with Crippen LogP contribution >= 0.6 is 46.7 Å². The largest absolute Gasteiger partial charge is 0.273 e. The Morgan fingerprint density at radius 2 is 1.14 bits per heavy atom. The molecule has 0 bridgehead atoms. The number of rotatable bonds is 5. The van der Waals surface area contributed by atoms with Crippen molar-refractivity contribution < 1.29 is 9.59 Å². The average molecular weight is 566 g/mol. The highest BCUT2D eigenvalue weighted by atomic mass is 35.5. The number of aryl methyl sites for hydroxylation is 4. The SMILES string of the molecule is Cc1cc(C)c(C#N)c(SC2=C(Sc3nc(C)cc(C)c3C#N)C(=O)N(c3cc(Cl)cc(Cl)c3)C2=O)n1. The summed E-state index contributed by atoms with van der Waals surface area (Å²) in [4.78, 5) is 37.5. The molecule has 1 aromatic carbocycles. The Morgan fingerprint density at radius 1 is 0.730 bits per heavy atom. The Morgan fingerprint density at radius 3 is 1.51 bits per heavy atom. The maximum atomic E-state index is 13.7. The fourth-order valence-electron chi connectivity index (χ4n) is 3.79. The number of carbonyl (C=O) groups excluding carboxylic acids is 2. The van der Waals surface area contributed by atoms with Crippen LogP contribution in [0, 0.1) is 50.4 Å². The molecule has 1 aliphatic rings. The van der Waals surface area contributed by atoms with Gasteiger partial charge in [0.1, 0.15) is 22.2 Å². The van der Waals surface area contributed by atoms with Gasteiger partial charge in [-0.2, -0.15) is 10.5 Å². The number of hydrogen-bond donors (Lipinski definition) is 0. The number of nitrogens with zero attached hydrogens (tertiary/aromatic N) is 5. The lowest BCUT2D eigenvalue weighted by atomic mass is 10.1. The van der Waals surface area contributed by atoms with Crippen molar-refractivity contribution in [1.29, 1.82) is 10.5 Å². The highest BCUT2D eigenvalue weighted by molar-refractivity contribution is 8.08. The first-order chi connectivity index (χ1) is 17.5. The van der Waals surface area contributed by atoms with Crippen LogP contribution in [0.3, 0.4) is 0 Å². The third-order valence-electron chi connectivity index (χ3n) is 5.35. The predicted molar refractivity (Wildman–Crippen MR) is 145 cm³/mol. The molecule has 3 heterocycles. The van der Waals surface area contributed by atoms with E-state index >= 15 is 0 Å². The van der Waals surface area contributed by atoms with Gasteiger partial charge in [-0.1, -0.05) is 46.7 Å². The van der Waals surface area contributed by atoms with Crippen molar-refractivity contribution >= 4 is 64.2 Å². The van der Waals surface area contributed by atoms with E-state index in [-0.39, 0.29) is 25.5 Å². The van der Waals surface area contributed by atoms with Gasteiger partial charge < -0.3 is 0 Å². The van der Waals surface area contributed by atoms with Crippen LogP contribution in [0.5, 0.6) is 0 Å². The molecule has 0 radical (unpaired) electrons. The van der Waals surface area contributed by atoms with Gasteiger partial charge >= 0.3 is 0 Å². The van der Waals surface area contributed by atoms with Gasteiger partial charge in [0.2, 0.25) is 0 Å². The van der Waals surface area contributed by atoms with Crippen molar-refractivity contribution in [3.8, 4) is 12.1 Å². The second-order valence-electron chi connectivity index (χ2n) is 8.18. The molecule has 0 N–H and O–H groups in total. The van der Waals surface area contributed by atoms with Crippen LogP contribution in [0.25, 0.3) is 0 Å². The molecule has 3 aromatic rings. The minimum absolute atomic E-state index is 0.0601. The van der Waals surface area contributed by atoms with E-state index in [1.807, 2.05) is 0 Å². The topological polar surface area (TPSA) is 111 Å². The summed E-state index contributed by atoms with van der Waals surface area (Å²) in [7, 11) is 0. The molecule has 4 rings (SSSR count). The maximum absolute atomic E-state index is 13.7. The predicted octanol–water partition coefficient (Wildman–Crippen LogP) is 6.43. The molecule has 2 amide bonds. The molecule has 0 atom stereocenters. The van der Waals surface area contributed by atoms with E-state index in [1.165, 1.54) is 18.2 Å². The summed E-state index contributed by atoms with van der Waals surface area (Å²) in [5.41, 5.74) is 3.52. The molecular formula is C26H17Cl2N5O2S2. The zero-order valence-electron chi connectivity index (χ0n) is 20.0. The zero-order valence-corrected chi connectivity index (χ0v) is 23.2. The van der Waals surface area contributed by atoms with E-state index in [4.69, 9.17) is 23.2 Å². The van der Waals surface area contributed by atoms with Gasteiger partial charge in [-0.15, -0.1) is 0 Å². The van der Waals surface area contributed by atoms with Crippen molar-refractivity contribution in [3.63, 3.8) is 0 Å². The van der Waals surface area contributed by atoms with Crippen molar-refractivity contribution in [2.45, 2.75) is 37.7 Å². The molecule has 7 nitrogen and oxygen atoms in total. The fourth-order valence-corrected chi connectivity index (χ4v) is 6.66. The summed E-state index contributed by atoms with van der Waals surface area (Å²) in [6.45, 7) is 7.12. The van der Waals surface area contributed by atoms with E-state index in [1.54, 1.807) is 39.8 Å². The summed E-state index contributed by atoms with van der Waals surface area (Å²) in [6, 6.07) is 12.2. The summed E-state index contributed by atoms with van der Waals surface area (Å²) in [5, 5.41) is 20.6. The highest BCUT2D eigenvalue weighted by Crippen LogP contribution is 2.45. The van der Waals surface area contributed by atoms with Gasteiger partial charge in [-0.25, -0.2) is 14.9 Å². The minimum atomic E-state index is -0.622. The summed E-state index contributed by atoms with van der Waals surface area (Å²) >= 11 is 14.2. The molecular weight excluding hydrogens is 549 g/mol. The van der Waals surface area contributed by atoms with Gasteiger partial charge in [0, 0.05) is 21.4 Å². The van der Waals surface area contributed by atoms with Crippen molar-refractivity contribution in [2.75, 3.05) is 4.90 Å². The van der Waals surface area contributed by atoms with E-state index in [9.17, 15) is 20.1 Å². The van der Waals surface area contributed by atoms with Gasteiger partial charge in [0.15, 0.2) is 0 Å².